The van der Waals surface area contributed by atoms with Crippen LogP contribution in [0.15, 0.2) is 0 Å². The molecule has 3 nitrogen and oxygen atoms in total. The standard InChI is InChI=1S/C10H19NO2S/c1-14-8-2-6-11(9-3-4-9)7-5-10(12)13/h9H,2-8H2,1H3,(H,12,13). The maximum absolute atomic E-state index is 10.4. The second kappa shape index (κ2) is 6.30. The van der Waals surface area contributed by atoms with E-state index in [0.29, 0.717) is 6.04 Å². The van der Waals surface area contributed by atoms with Crippen molar-refractivity contribution < 1.29 is 9.90 Å². The van der Waals surface area contributed by atoms with Gasteiger partial charge in [0.1, 0.15) is 0 Å². The Labute approximate surface area is 89.9 Å². The minimum Gasteiger partial charge on any atom is -0.481 e. The van der Waals surface area contributed by atoms with Gasteiger partial charge in [-0.1, -0.05) is 0 Å². The highest BCUT2D eigenvalue weighted by Crippen LogP contribution is 2.27. The normalized spacial score (nSPS) is 16.1. The largest absolute Gasteiger partial charge is 0.481 e. The first-order chi connectivity index (χ1) is 6.74. The lowest BCUT2D eigenvalue weighted by Gasteiger charge is -2.20. The van der Waals surface area contributed by atoms with Crippen molar-refractivity contribution in [2.24, 2.45) is 0 Å². The Hall–Kier alpha value is -0.220. The molecule has 0 aliphatic heterocycles. The first-order valence-corrected chi connectivity index (χ1v) is 6.58. The van der Waals surface area contributed by atoms with Crippen LogP contribution in [0.4, 0.5) is 0 Å². The molecule has 0 heterocycles. The molecule has 1 fully saturated rings. The summed E-state index contributed by atoms with van der Waals surface area (Å²) in [5.74, 6) is 0.497. The van der Waals surface area contributed by atoms with Crippen LogP contribution in [0.1, 0.15) is 25.7 Å². The molecule has 0 atom stereocenters. The summed E-state index contributed by atoms with van der Waals surface area (Å²) in [6.07, 6.45) is 6.10. The molecule has 1 aliphatic carbocycles. The zero-order valence-corrected chi connectivity index (χ0v) is 9.55. The summed E-state index contributed by atoms with van der Waals surface area (Å²) in [6.45, 7) is 1.80. The van der Waals surface area contributed by atoms with Gasteiger partial charge in [-0.25, -0.2) is 0 Å². The third-order valence-electron chi connectivity index (χ3n) is 2.47. The summed E-state index contributed by atoms with van der Waals surface area (Å²) in [4.78, 5) is 12.8. The number of carbonyl (C=O) groups is 1. The molecular weight excluding hydrogens is 198 g/mol. The molecule has 0 bridgehead atoms. The van der Waals surface area contributed by atoms with Gasteiger partial charge in [-0.2, -0.15) is 11.8 Å². The van der Waals surface area contributed by atoms with Crippen molar-refractivity contribution in [2.45, 2.75) is 31.7 Å². The van der Waals surface area contributed by atoms with E-state index in [1.165, 1.54) is 25.0 Å². The smallest absolute Gasteiger partial charge is 0.304 e. The second-order valence-corrected chi connectivity index (χ2v) is 4.74. The molecule has 82 valence electrons. The molecule has 0 spiro atoms. The van der Waals surface area contributed by atoms with Crippen LogP contribution >= 0.6 is 11.8 Å². The molecule has 0 radical (unpaired) electrons. The first-order valence-electron chi connectivity index (χ1n) is 5.19. The Balaban J connectivity index is 2.14. The minimum absolute atomic E-state index is 0.287. The van der Waals surface area contributed by atoms with Crippen LogP contribution in [0.5, 0.6) is 0 Å². The predicted molar refractivity (Wildman–Crippen MR) is 59.8 cm³/mol. The molecule has 14 heavy (non-hydrogen) atoms. The third-order valence-corrected chi connectivity index (χ3v) is 3.17. The molecule has 0 aromatic rings. The van der Waals surface area contributed by atoms with Crippen molar-refractivity contribution in [2.75, 3.05) is 25.1 Å². The Kier molecular flexibility index (Phi) is 5.33. The van der Waals surface area contributed by atoms with E-state index in [4.69, 9.17) is 5.11 Å². The maximum atomic E-state index is 10.4. The molecule has 0 aromatic heterocycles. The maximum Gasteiger partial charge on any atom is 0.304 e. The van der Waals surface area contributed by atoms with Gasteiger partial charge in [-0.15, -0.1) is 0 Å². The van der Waals surface area contributed by atoms with E-state index in [1.54, 1.807) is 0 Å². The van der Waals surface area contributed by atoms with Crippen LogP contribution in [-0.4, -0.2) is 47.1 Å². The van der Waals surface area contributed by atoms with Gasteiger partial charge in [-0.05, 0) is 37.8 Å². The van der Waals surface area contributed by atoms with E-state index in [-0.39, 0.29) is 6.42 Å². The lowest BCUT2D eigenvalue weighted by molar-refractivity contribution is -0.137. The van der Waals surface area contributed by atoms with Gasteiger partial charge in [0.2, 0.25) is 0 Å². The van der Waals surface area contributed by atoms with Crippen LogP contribution in [0, 0.1) is 0 Å². The number of carboxylic acid groups (broad SMARTS) is 1. The van der Waals surface area contributed by atoms with Crippen LogP contribution in [0.25, 0.3) is 0 Å². The zero-order valence-electron chi connectivity index (χ0n) is 8.74. The molecule has 0 saturated heterocycles. The summed E-state index contributed by atoms with van der Waals surface area (Å²) in [7, 11) is 0. The highest BCUT2D eigenvalue weighted by atomic mass is 32.2. The number of aliphatic carboxylic acids is 1. The molecule has 1 aliphatic rings. The summed E-state index contributed by atoms with van der Waals surface area (Å²) in [5.41, 5.74) is 0. The van der Waals surface area contributed by atoms with Crippen molar-refractivity contribution in [1.82, 2.24) is 4.90 Å². The van der Waals surface area contributed by atoms with E-state index in [9.17, 15) is 4.79 Å². The predicted octanol–water partition coefficient (Wildman–Crippen LogP) is 1.68. The van der Waals surface area contributed by atoms with Gasteiger partial charge in [0, 0.05) is 12.6 Å². The summed E-state index contributed by atoms with van der Waals surface area (Å²) >= 11 is 1.86. The van der Waals surface area contributed by atoms with Crippen molar-refractivity contribution in [3.05, 3.63) is 0 Å². The number of carboxylic acids is 1. The van der Waals surface area contributed by atoms with Crippen molar-refractivity contribution >= 4 is 17.7 Å². The minimum atomic E-state index is -0.680. The van der Waals surface area contributed by atoms with Gasteiger partial charge in [-0.3, -0.25) is 9.69 Å². The molecule has 0 amide bonds. The Morgan fingerprint density at radius 2 is 2.21 bits per heavy atom. The fourth-order valence-electron chi connectivity index (χ4n) is 1.57. The Morgan fingerprint density at radius 1 is 1.50 bits per heavy atom. The highest BCUT2D eigenvalue weighted by Gasteiger charge is 2.28. The van der Waals surface area contributed by atoms with Crippen LogP contribution in [-0.2, 0) is 4.79 Å². The lowest BCUT2D eigenvalue weighted by Crippen LogP contribution is -2.30. The summed E-state index contributed by atoms with van der Waals surface area (Å²) in [5, 5.41) is 8.61. The molecular formula is C10H19NO2S. The Bertz CT molecular complexity index is 183. The number of rotatable bonds is 8. The summed E-state index contributed by atoms with van der Waals surface area (Å²) in [6, 6.07) is 0.691. The Morgan fingerprint density at radius 3 is 2.71 bits per heavy atom. The van der Waals surface area contributed by atoms with Crippen molar-refractivity contribution in [3.8, 4) is 0 Å². The van der Waals surface area contributed by atoms with E-state index in [2.05, 4.69) is 11.2 Å². The van der Waals surface area contributed by atoms with Gasteiger partial charge in [0.15, 0.2) is 0 Å². The van der Waals surface area contributed by atoms with E-state index in [1.807, 2.05) is 11.8 Å². The van der Waals surface area contributed by atoms with Crippen LogP contribution < -0.4 is 0 Å². The van der Waals surface area contributed by atoms with Crippen LogP contribution in [0.2, 0.25) is 0 Å². The quantitative estimate of drug-likeness (QED) is 0.628. The topological polar surface area (TPSA) is 40.5 Å². The average Bonchev–Trinajstić information content (AvgIpc) is 2.94. The van der Waals surface area contributed by atoms with Gasteiger partial charge < -0.3 is 5.11 Å². The molecule has 0 aromatic carbocycles. The van der Waals surface area contributed by atoms with Gasteiger partial charge >= 0.3 is 5.97 Å². The first kappa shape index (κ1) is 11.9. The number of nitrogens with zero attached hydrogens (tertiary/aromatic N) is 1. The average molecular weight is 217 g/mol. The highest BCUT2D eigenvalue weighted by molar-refractivity contribution is 7.98. The molecule has 1 N–H and O–H groups in total. The number of hydrogen-bond acceptors (Lipinski definition) is 3. The third kappa shape index (κ3) is 4.86. The molecule has 0 unspecified atom stereocenters. The van der Waals surface area contributed by atoms with Crippen molar-refractivity contribution in [3.63, 3.8) is 0 Å². The SMILES string of the molecule is CSCCCN(CCC(=O)O)C1CC1. The van der Waals surface area contributed by atoms with Gasteiger partial charge in [0.25, 0.3) is 0 Å². The number of hydrogen-bond donors (Lipinski definition) is 1. The molecule has 1 saturated carbocycles. The van der Waals surface area contributed by atoms with Gasteiger partial charge in [0.05, 0.1) is 6.42 Å². The zero-order chi connectivity index (χ0) is 10.4. The summed E-state index contributed by atoms with van der Waals surface area (Å²) < 4.78 is 0. The monoisotopic (exact) mass is 217 g/mol. The lowest BCUT2D eigenvalue weighted by atomic mass is 10.3. The molecule has 1 rings (SSSR count). The van der Waals surface area contributed by atoms with E-state index in [0.717, 1.165) is 13.1 Å². The van der Waals surface area contributed by atoms with Crippen LogP contribution in [0.3, 0.4) is 0 Å². The molecule has 4 heteroatoms. The second-order valence-electron chi connectivity index (χ2n) is 3.76. The van der Waals surface area contributed by atoms with Crippen molar-refractivity contribution in [1.29, 1.82) is 0 Å². The van der Waals surface area contributed by atoms with E-state index < -0.39 is 5.97 Å². The van der Waals surface area contributed by atoms with E-state index >= 15 is 0 Å². The fraction of sp³-hybridized carbons (Fsp3) is 0.900. The fourth-order valence-corrected chi connectivity index (χ4v) is 1.99. The number of thioether (sulfide) groups is 1.